The van der Waals surface area contributed by atoms with Gasteiger partial charge in [0.15, 0.2) is 0 Å². The van der Waals surface area contributed by atoms with Crippen LogP contribution in [0.15, 0.2) is 48.5 Å². The Morgan fingerprint density at radius 1 is 0.667 bits per heavy atom. The Balaban J connectivity index is 0.000000660. The standard InChI is InChI=1S/C12H12N2.C2H6O.In.3H/c13-11-5-1-9(2-6-11)10-3-7-12(14)8-4-10;1-3-2;;;;/h1-8H,13-14H2;1-2H3;;;;. The van der Waals surface area contributed by atoms with Gasteiger partial charge in [0.1, 0.15) is 0 Å². The Morgan fingerprint density at radius 2 is 0.889 bits per heavy atom. The molecule has 3 nitrogen and oxygen atoms in total. The fourth-order valence-corrected chi connectivity index (χ4v) is 1.35. The van der Waals surface area contributed by atoms with Crippen LogP contribution in [0.25, 0.3) is 11.1 Å². The van der Waals surface area contributed by atoms with Crippen LogP contribution >= 0.6 is 0 Å². The molecule has 18 heavy (non-hydrogen) atoms. The van der Waals surface area contributed by atoms with Gasteiger partial charge in [-0.25, -0.2) is 0 Å². The Morgan fingerprint density at radius 3 is 1.11 bits per heavy atom. The predicted octanol–water partition coefficient (Wildman–Crippen LogP) is 1.60. The fraction of sp³-hybridized carbons (Fsp3) is 0.143. The summed E-state index contributed by atoms with van der Waals surface area (Å²) in [5.41, 5.74) is 15.1. The summed E-state index contributed by atoms with van der Waals surface area (Å²) < 4.78 is 4.25. The van der Waals surface area contributed by atoms with Crippen molar-refractivity contribution in [1.29, 1.82) is 0 Å². The minimum absolute atomic E-state index is 0. The first-order valence-electron chi connectivity index (χ1n) is 5.29. The molecule has 2 rings (SSSR count). The second-order valence-corrected chi connectivity index (χ2v) is 3.65. The van der Waals surface area contributed by atoms with E-state index in [-0.39, 0.29) is 25.8 Å². The number of ether oxygens (including phenoxy) is 1. The molecule has 96 valence electrons. The SMILES string of the molecule is COC.Nc1ccc(-c2ccc(N)cc2)cc1.[InH3]. The van der Waals surface area contributed by atoms with Gasteiger partial charge in [-0.15, -0.1) is 0 Å². The molecule has 0 atom stereocenters. The zero-order valence-electron chi connectivity index (χ0n) is 10.2. The van der Waals surface area contributed by atoms with Gasteiger partial charge in [0.25, 0.3) is 0 Å². The first-order chi connectivity index (χ1) is 8.17. The second kappa shape index (κ2) is 8.89. The molecule has 2 aromatic rings. The van der Waals surface area contributed by atoms with E-state index in [2.05, 4.69) is 4.74 Å². The zero-order chi connectivity index (χ0) is 12.7. The molecule has 0 aliphatic heterocycles. The topological polar surface area (TPSA) is 61.3 Å². The molecule has 4 N–H and O–H groups in total. The van der Waals surface area contributed by atoms with E-state index in [9.17, 15) is 0 Å². The molecule has 2 aromatic carbocycles. The van der Waals surface area contributed by atoms with Gasteiger partial charge in [-0.3, -0.25) is 0 Å². The summed E-state index contributed by atoms with van der Waals surface area (Å²) in [6.45, 7) is 0. The van der Waals surface area contributed by atoms with Crippen LogP contribution in [0.3, 0.4) is 0 Å². The molecule has 0 aliphatic rings. The van der Waals surface area contributed by atoms with Gasteiger partial charge in [-0.1, -0.05) is 24.3 Å². The predicted molar refractivity (Wildman–Crippen MR) is 83.6 cm³/mol. The van der Waals surface area contributed by atoms with Crippen molar-refractivity contribution in [3.8, 4) is 11.1 Å². The fourth-order valence-electron chi connectivity index (χ4n) is 1.35. The van der Waals surface area contributed by atoms with Gasteiger partial charge < -0.3 is 16.2 Å². The Labute approximate surface area is 127 Å². The summed E-state index contributed by atoms with van der Waals surface area (Å²) in [5.74, 6) is 0. The minimum atomic E-state index is 0. The summed E-state index contributed by atoms with van der Waals surface area (Å²) in [6.07, 6.45) is 0. The second-order valence-electron chi connectivity index (χ2n) is 3.65. The first-order valence-corrected chi connectivity index (χ1v) is 5.29. The van der Waals surface area contributed by atoms with E-state index in [0.717, 1.165) is 22.5 Å². The van der Waals surface area contributed by atoms with Crippen LogP contribution in [0.5, 0.6) is 0 Å². The van der Waals surface area contributed by atoms with Gasteiger partial charge in [0.05, 0.1) is 0 Å². The van der Waals surface area contributed by atoms with Crippen molar-refractivity contribution in [2.75, 3.05) is 25.7 Å². The van der Waals surface area contributed by atoms with Gasteiger partial charge in [-0.05, 0) is 35.4 Å². The van der Waals surface area contributed by atoms with Gasteiger partial charge in [-0.2, -0.15) is 0 Å². The van der Waals surface area contributed by atoms with Crippen molar-refractivity contribution < 1.29 is 4.74 Å². The van der Waals surface area contributed by atoms with Gasteiger partial charge in [0.2, 0.25) is 0 Å². The van der Waals surface area contributed by atoms with Crippen LogP contribution < -0.4 is 11.5 Å². The molecule has 0 aromatic heterocycles. The van der Waals surface area contributed by atoms with E-state index in [0.29, 0.717) is 0 Å². The average Bonchev–Trinajstić information content (AvgIpc) is 2.32. The Kier molecular flexibility index (Phi) is 8.33. The number of nitrogens with two attached hydrogens (primary N) is 2. The third-order valence-electron chi connectivity index (χ3n) is 2.15. The van der Waals surface area contributed by atoms with E-state index >= 15 is 0 Å². The zero-order valence-corrected chi connectivity index (χ0v) is 10.2. The summed E-state index contributed by atoms with van der Waals surface area (Å²) in [7, 11) is 3.25. The van der Waals surface area contributed by atoms with Crippen molar-refractivity contribution in [3.63, 3.8) is 0 Å². The van der Waals surface area contributed by atoms with E-state index < -0.39 is 0 Å². The van der Waals surface area contributed by atoms with Gasteiger partial charge in [0, 0.05) is 25.6 Å². The number of methoxy groups -OCH3 is 1. The molecular weight excluding hydrogens is 327 g/mol. The van der Waals surface area contributed by atoms with Gasteiger partial charge >= 0.3 is 25.8 Å². The van der Waals surface area contributed by atoms with Crippen LogP contribution in [0.1, 0.15) is 0 Å². The first kappa shape index (κ1) is 16.9. The quantitative estimate of drug-likeness (QED) is 0.770. The molecule has 4 heteroatoms. The Bertz CT molecular complexity index is 397. The average molecular weight is 348 g/mol. The summed E-state index contributed by atoms with van der Waals surface area (Å²) in [6, 6.07) is 15.6. The number of rotatable bonds is 1. The van der Waals surface area contributed by atoms with Crippen molar-refractivity contribution in [2.24, 2.45) is 0 Å². The molecule has 0 heterocycles. The number of hydrogen-bond acceptors (Lipinski definition) is 3. The number of hydrogen-bond donors (Lipinski definition) is 2. The van der Waals surface area contributed by atoms with E-state index in [4.69, 9.17) is 11.5 Å². The summed E-state index contributed by atoms with van der Waals surface area (Å²) in [4.78, 5) is 0. The van der Waals surface area contributed by atoms with Crippen molar-refractivity contribution in [3.05, 3.63) is 48.5 Å². The van der Waals surface area contributed by atoms with E-state index in [1.165, 1.54) is 0 Å². The maximum absolute atomic E-state index is 5.61. The van der Waals surface area contributed by atoms with Crippen LogP contribution in [0, 0.1) is 0 Å². The van der Waals surface area contributed by atoms with Crippen molar-refractivity contribution in [1.82, 2.24) is 0 Å². The van der Waals surface area contributed by atoms with Crippen molar-refractivity contribution >= 4 is 37.2 Å². The molecule has 0 saturated heterocycles. The molecule has 0 saturated carbocycles. The van der Waals surface area contributed by atoms with Crippen LogP contribution in [-0.2, 0) is 4.74 Å². The third kappa shape index (κ3) is 5.47. The van der Waals surface area contributed by atoms with Crippen LogP contribution in [0.2, 0.25) is 0 Å². The molecule has 0 bridgehead atoms. The van der Waals surface area contributed by atoms with Crippen LogP contribution in [-0.4, -0.2) is 40.1 Å². The molecular formula is C14H21InN2O. The van der Waals surface area contributed by atoms with Crippen molar-refractivity contribution in [2.45, 2.75) is 0 Å². The molecule has 0 fully saturated rings. The van der Waals surface area contributed by atoms with E-state index in [1.807, 2.05) is 48.5 Å². The maximum atomic E-state index is 5.61. The molecule has 0 aliphatic carbocycles. The Hall–Kier alpha value is -1.13. The summed E-state index contributed by atoms with van der Waals surface area (Å²) >= 11 is 0. The molecule has 0 spiro atoms. The third-order valence-corrected chi connectivity index (χ3v) is 2.15. The molecule has 0 radical (unpaired) electrons. The molecule has 0 unspecified atom stereocenters. The normalized spacial score (nSPS) is 8.78. The monoisotopic (exact) mass is 348 g/mol. The number of nitrogen functional groups attached to an aromatic ring is 2. The van der Waals surface area contributed by atoms with E-state index in [1.54, 1.807) is 14.2 Å². The number of anilines is 2. The molecule has 0 amide bonds. The van der Waals surface area contributed by atoms with Crippen LogP contribution in [0.4, 0.5) is 11.4 Å². The summed E-state index contributed by atoms with van der Waals surface area (Å²) in [5, 5.41) is 0. The number of benzene rings is 2.